The average molecular weight is 1020 g/mol. The van der Waals surface area contributed by atoms with Gasteiger partial charge in [0.15, 0.2) is 25.2 Å². The fourth-order valence-electron chi connectivity index (χ4n) is 16.6. The third-order valence-electron chi connectivity index (χ3n) is 20.4. The zero-order chi connectivity index (χ0) is 50.6. The molecule has 21 heteroatoms. The van der Waals surface area contributed by atoms with Crippen LogP contribution in [0, 0.1) is 52.3 Å². The molecule has 21 nitrogen and oxygen atoms in total. The number of aliphatic hydroxyl groups is 12. The smallest absolute Gasteiger partial charge is 0.187 e. The molecule has 0 aromatic carbocycles. The molecule has 12 N–H and O–H groups in total. The van der Waals surface area contributed by atoms with Crippen LogP contribution in [0.2, 0.25) is 0 Å². The Morgan fingerprint density at radius 3 is 1.87 bits per heavy atom. The SMILES string of the molecule is C[C@@H]1CC[C@H]2[C@@H](C)[C@H]3[C@H](C[C@H]4[C@@H]5CC[C@H]6C[C@@H](O[C@H]7O[C@@H](CO)[C@H](O[C@@H]8O[C@@H](CO)[C@@H](O)[C@H](O[C@H]9OC[C@@H](O)[C@H](O)[C@@H]9O)[C@H]8O[C@@H]8O[C@@H](CO)[C@@H](O)[C@H](O)[C@H]8O)[C@H](O)[C@H]7O)CC[C@]6(C)[C@H]5CC[C@]34C)N2C1. The lowest BCUT2D eigenvalue weighted by atomic mass is 9.44. The van der Waals surface area contributed by atoms with Crippen molar-refractivity contribution in [3.63, 3.8) is 0 Å². The number of nitrogens with zero attached hydrogens (tertiary/aromatic N) is 1. The second-order valence-electron chi connectivity index (χ2n) is 24.0. The first kappa shape index (κ1) is 53.6. The molecule has 4 aliphatic carbocycles. The highest BCUT2D eigenvalue weighted by molar-refractivity contribution is 5.17. The molecule has 6 heterocycles. The summed E-state index contributed by atoms with van der Waals surface area (Å²) in [6.45, 7) is 8.43. The zero-order valence-electron chi connectivity index (χ0n) is 41.4. The molecule has 0 aromatic rings. The van der Waals surface area contributed by atoms with E-state index in [1.807, 2.05) is 0 Å². The third kappa shape index (κ3) is 9.20. The van der Waals surface area contributed by atoms with E-state index >= 15 is 0 Å². The van der Waals surface area contributed by atoms with Crippen molar-refractivity contribution in [2.45, 2.75) is 227 Å². The van der Waals surface area contributed by atoms with E-state index in [4.69, 9.17) is 37.9 Å². The number of rotatable bonds is 11. The van der Waals surface area contributed by atoms with Gasteiger partial charge in [0, 0.05) is 18.6 Å². The Balaban J connectivity index is 0.821. The van der Waals surface area contributed by atoms with Gasteiger partial charge in [-0.3, -0.25) is 4.90 Å². The number of hydrogen-bond acceptors (Lipinski definition) is 21. The highest BCUT2D eigenvalue weighted by atomic mass is 16.8. The predicted molar refractivity (Wildman–Crippen MR) is 243 cm³/mol. The van der Waals surface area contributed by atoms with Crippen LogP contribution >= 0.6 is 0 Å². The van der Waals surface area contributed by atoms with Gasteiger partial charge in [0.2, 0.25) is 0 Å². The third-order valence-corrected chi connectivity index (χ3v) is 20.4. The van der Waals surface area contributed by atoms with E-state index in [0.29, 0.717) is 29.2 Å². The van der Waals surface area contributed by atoms with Crippen molar-refractivity contribution < 1.29 is 99.2 Å². The molecule has 0 radical (unpaired) electrons. The molecule has 10 fully saturated rings. The molecule has 71 heavy (non-hydrogen) atoms. The van der Waals surface area contributed by atoms with Gasteiger partial charge in [-0.25, -0.2) is 0 Å². The van der Waals surface area contributed by atoms with Crippen molar-refractivity contribution in [1.82, 2.24) is 4.90 Å². The Labute approximate surface area is 415 Å². The molecule has 408 valence electrons. The minimum absolute atomic E-state index is 0.145. The number of piperidine rings is 1. The molecular weight excluding hydrogens is 935 g/mol. The first-order valence-electron chi connectivity index (χ1n) is 26.7. The summed E-state index contributed by atoms with van der Waals surface area (Å²) < 4.78 is 48.0. The van der Waals surface area contributed by atoms with Crippen molar-refractivity contribution >= 4 is 0 Å². The largest absolute Gasteiger partial charge is 0.394 e. The summed E-state index contributed by atoms with van der Waals surface area (Å²) in [7, 11) is 0. The lowest BCUT2D eigenvalue weighted by molar-refractivity contribution is -0.404. The van der Waals surface area contributed by atoms with Crippen LogP contribution in [0.15, 0.2) is 0 Å². The van der Waals surface area contributed by atoms with Crippen LogP contribution in [0.5, 0.6) is 0 Å². The summed E-state index contributed by atoms with van der Waals surface area (Å²) in [5, 5.41) is 129. The maximum Gasteiger partial charge on any atom is 0.187 e. The highest BCUT2D eigenvalue weighted by Crippen LogP contribution is 2.71. The molecule has 31 atom stereocenters. The van der Waals surface area contributed by atoms with E-state index < -0.39 is 143 Å². The van der Waals surface area contributed by atoms with E-state index in [0.717, 1.165) is 55.4 Å². The van der Waals surface area contributed by atoms with Gasteiger partial charge >= 0.3 is 0 Å². The molecule has 0 amide bonds. The number of fused-ring (bicyclic) bond motifs is 9. The number of aliphatic hydroxyl groups excluding tert-OH is 12. The van der Waals surface area contributed by atoms with Crippen LogP contribution in [0.25, 0.3) is 0 Å². The monoisotopic (exact) mass is 1020 g/mol. The van der Waals surface area contributed by atoms with E-state index in [2.05, 4.69) is 32.6 Å². The van der Waals surface area contributed by atoms with Gasteiger partial charge in [-0.15, -0.1) is 0 Å². The van der Waals surface area contributed by atoms with E-state index in [9.17, 15) is 61.3 Å². The number of ether oxygens (including phenoxy) is 8. The fourth-order valence-corrected chi connectivity index (χ4v) is 16.6. The van der Waals surface area contributed by atoms with Crippen LogP contribution in [-0.4, -0.2) is 234 Å². The maximum atomic E-state index is 11.8. The zero-order valence-corrected chi connectivity index (χ0v) is 41.4. The van der Waals surface area contributed by atoms with Crippen molar-refractivity contribution in [1.29, 1.82) is 0 Å². The van der Waals surface area contributed by atoms with E-state index in [-0.39, 0.29) is 11.5 Å². The first-order valence-corrected chi connectivity index (χ1v) is 26.7. The van der Waals surface area contributed by atoms with E-state index in [1.54, 1.807) is 0 Å². The summed E-state index contributed by atoms with van der Waals surface area (Å²) in [6.07, 6.45) is -21.7. The number of hydrogen-bond donors (Lipinski definition) is 12. The molecular formula is C50H83NO20. The second-order valence-corrected chi connectivity index (χ2v) is 24.0. The summed E-state index contributed by atoms with van der Waals surface area (Å²) in [6, 6.07) is 1.44. The predicted octanol–water partition coefficient (Wildman–Crippen LogP) is -2.33. The Bertz CT molecular complexity index is 1810. The molecule has 0 unspecified atom stereocenters. The van der Waals surface area contributed by atoms with Gasteiger partial charge in [-0.05, 0) is 116 Å². The summed E-state index contributed by atoms with van der Waals surface area (Å²) >= 11 is 0. The molecule has 4 saturated carbocycles. The van der Waals surface area contributed by atoms with Crippen LogP contribution < -0.4 is 0 Å². The Morgan fingerprint density at radius 2 is 1.14 bits per heavy atom. The highest BCUT2D eigenvalue weighted by Gasteiger charge is 2.67. The van der Waals surface area contributed by atoms with Crippen molar-refractivity contribution in [2.24, 2.45) is 52.3 Å². The van der Waals surface area contributed by atoms with Crippen molar-refractivity contribution in [2.75, 3.05) is 33.0 Å². The summed E-state index contributed by atoms with van der Waals surface area (Å²) in [5.41, 5.74) is 0.517. The second kappa shape index (κ2) is 20.8. The van der Waals surface area contributed by atoms with Gasteiger partial charge < -0.3 is 99.2 Å². The van der Waals surface area contributed by atoms with Crippen LogP contribution in [0.1, 0.15) is 91.9 Å². The summed E-state index contributed by atoms with van der Waals surface area (Å²) in [5.74, 6) is 4.74. The quantitative estimate of drug-likeness (QED) is 0.0966. The molecule has 0 spiro atoms. The van der Waals surface area contributed by atoms with Gasteiger partial charge in [0.1, 0.15) is 91.6 Å². The molecule has 6 saturated heterocycles. The lowest BCUT2D eigenvalue weighted by Gasteiger charge is -2.61. The van der Waals surface area contributed by atoms with Gasteiger partial charge in [0.25, 0.3) is 0 Å². The van der Waals surface area contributed by atoms with Crippen LogP contribution in [0.4, 0.5) is 0 Å². The van der Waals surface area contributed by atoms with Crippen molar-refractivity contribution in [3.05, 3.63) is 0 Å². The first-order chi connectivity index (χ1) is 33.8. The topological polar surface area (TPSA) is 320 Å². The Hall–Kier alpha value is -0.840. The van der Waals surface area contributed by atoms with E-state index in [1.165, 1.54) is 45.1 Å². The minimum Gasteiger partial charge on any atom is -0.394 e. The van der Waals surface area contributed by atoms with Gasteiger partial charge in [0.05, 0.1) is 32.5 Å². The molecule has 10 rings (SSSR count). The normalized spacial score (nSPS) is 57.5. The minimum atomic E-state index is -1.99. The lowest BCUT2D eigenvalue weighted by Crippen LogP contribution is -2.68. The van der Waals surface area contributed by atoms with Crippen LogP contribution in [-0.2, 0) is 37.9 Å². The fraction of sp³-hybridized carbons (Fsp3) is 1.00. The standard InChI is InChI=1S/C50H83NO20/c1-20-5-8-27-21(2)33-28(51(27)15-20)14-26-24-7-6-22-13-23(9-11-49(22,3)25(24)10-12-50(26,33)4)65-46-41(63)38(60)42(32(18-54)68-46)69-48-44(71-47-40(62)37(59)35(57)30(16-52)66-47)43(36(58)31(17-53)67-48)70-45-39(61)34(56)29(55)19-64-45/h20-48,52-63H,5-19H2,1-4H3/t20-,21-,22+,23+,24-,25+,26+,27+,28+,29-,30+,31+,32+,33+,34+,35-,36-,37+,38-,39+,40-,41-,42+,43+,44-,45-,46+,47+,48+,49+,50+/m1/s1. The molecule has 10 aliphatic rings. The molecule has 6 aliphatic heterocycles. The average Bonchev–Trinajstić information content (AvgIpc) is 3.83. The van der Waals surface area contributed by atoms with Gasteiger partial charge in [-0.1, -0.05) is 27.7 Å². The van der Waals surface area contributed by atoms with Crippen LogP contribution in [0.3, 0.4) is 0 Å². The van der Waals surface area contributed by atoms with Gasteiger partial charge in [-0.2, -0.15) is 0 Å². The molecule has 0 bridgehead atoms. The van der Waals surface area contributed by atoms with Crippen molar-refractivity contribution in [3.8, 4) is 0 Å². The summed E-state index contributed by atoms with van der Waals surface area (Å²) in [4.78, 5) is 2.94. The molecule has 0 aromatic heterocycles. The Morgan fingerprint density at radius 1 is 0.521 bits per heavy atom. The Kier molecular flexibility index (Phi) is 15.7. The maximum absolute atomic E-state index is 11.8.